The number of carboxylic acids is 1. The van der Waals surface area contributed by atoms with Gasteiger partial charge in [0.2, 0.25) is 0 Å². The Morgan fingerprint density at radius 2 is 1.32 bits per heavy atom. The quantitative estimate of drug-likeness (QED) is 0.414. The fraction of sp³-hybridized carbons (Fsp3) is 0.125. The lowest BCUT2D eigenvalue weighted by atomic mass is 10.3. The molecule has 1 rings (SSSR count). The summed E-state index contributed by atoms with van der Waals surface area (Å²) in [6.07, 6.45) is 0. The number of halogens is 3. The van der Waals surface area contributed by atoms with Crippen LogP contribution in [-0.2, 0) is 15.2 Å². The van der Waals surface area contributed by atoms with E-state index in [4.69, 9.17) is 62.5 Å². The van der Waals surface area contributed by atoms with Gasteiger partial charge in [-0.05, 0) is 12.1 Å². The summed E-state index contributed by atoms with van der Waals surface area (Å²) < 4.78 is 29.4. The maximum absolute atomic E-state index is 9.62. The number of phenols is 1. The van der Waals surface area contributed by atoms with E-state index < -0.39 is 20.2 Å². The summed E-state index contributed by atoms with van der Waals surface area (Å²) >= 11 is 14.4. The molecule has 0 aliphatic heterocycles. The minimum Gasteiger partial charge on any atom is -0.508 e. The first-order valence-corrected chi connectivity index (χ1v) is 6.61. The van der Waals surface area contributed by atoms with Crippen molar-refractivity contribution in [3.05, 3.63) is 30.3 Å². The van der Waals surface area contributed by atoms with Crippen LogP contribution in [0, 0.1) is 0 Å². The smallest absolute Gasteiger partial charge is 0.394 e. The second-order valence-corrected chi connectivity index (χ2v) is 5.76. The Kier molecular flexibility index (Phi) is 9.93. The van der Waals surface area contributed by atoms with Crippen LogP contribution in [0.5, 0.6) is 5.75 Å². The van der Waals surface area contributed by atoms with Crippen LogP contribution in [0.4, 0.5) is 0 Å². The zero-order valence-electron chi connectivity index (χ0n) is 8.94. The molecule has 0 saturated heterocycles. The maximum atomic E-state index is 9.62. The number of carboxylic acid groups (broad SMARTS) is 1. The van der Waals surface area contributed by atoms with Crippen molar-refractivity contribution in [1.29, 1.82) is 0 Å². The van der Waals surface area contributed by atoms with Crippen LogP contribution in [0.15, 0.2) is 30.3 Å². The predicted octanol–water partition coefficient (Wildman–Crippen LogP) is 2.18. The number of alkyl halides is 3. The van der Waals surface area contributed by atoms with Gasteiger partial charge in [0.15, 0.2) is 0 Å². The molecule has 0 fully saturated rings. The second-order valence-electron chi connectivity index (χ2n) is 2.59. The summed E-state index contributed by atoms with van der Waals surface area (Å²) in [6, 6.07) is 8.71. The van der Waals surface area contributed by atoms with Gasteiger partial charge in [-0.15, -0.1) is 0 Å². The van der Waals surface area contributed by atoms with Crippen LogP contribution in [0.25, 0.3) is 0 Å². The van der Waals surface area contributed by atoms with Crippen molar-refractivity contribution in [3.63, 3.8) is 0 Å². The number of rotatable bonds is 0. The Bertz CT molecular complexity index is 461. The van der Waals surface area contributed by atoms with E-state index in [1.165, 1.54) is 0 Å². The summed E-state index contributed by atoms with van der Waals surface area (Å²) in [5.74, 6) is -1.14. The van der Waals surface area contributed by atoms with E-state index in [0.717, 1.165) is 0 Å². The maximum Gasteiger partial charge on any atom is 0.394 e. The largest absolute Gasteiger partial charge is 0.508 e. The molecule has 1 aromatic carbocycles. The average Bonchev–Trinajstić information content (AvgIpc) is 2.15. The SMILES string of the molecule is O=C(O)C(Cl)(Cl)Cl.O=S(=O)(O)O.Oc1ccccc1. The second kappa shape index (κ2) is 9.18. The van der Waals surface area contributed by atoms with Gasteiger partial charge in [-0.25, -0.2) is 4.79 Å². The molecule has 0 atom stereocenters. The predicted molar refractivity (Wildman–Crippen MR) is 70.2 cm³/mol. The monoisotopic (exact) mass is 354 g/mol. The highest BCUT2D eigenvalue weighted by Gasteiger charge is 2.29. The summed E-state index contributed by atoms with van der Waals surface area (Å²) in [6.45, 7) is 0. The molecule has 0 aromatic heterocycles. The van der Waals surface area contributed by atoms with Gasteiger partial charge in [0.25, 0.3) is 3.79 Å². The first kappa shape index (κ1) is 20.5. The normalized spacial score (nSPS) is 10.4. The number of para-hydroxylation sites is 1. The summed E-state index contributed by atoms with van der Waals surface area (Å²) in [5.41, 5.74) is 0. The van der Waals surface area contributed by atoms with Gasteiger partial charge in [-0.2, -0.15) is 8.42 Å². The van der Waals surface area contributed by atoms with Crippen molar-refractivity contribution in [2.75, 3.05) is 0 Å². The average molecular weight is 356 g/mol. The van der Waals surface area contributed by atoms with Crippen molar-refractivity contribution >= 4 is 51.2 Å². The van der Waals surface area contributed by atoms with Gasteiger partial charge in [-0.1, -0.05) is 53.0 Å². The molecule has 4 N–H and O–H groups in total. The van der Waals surface area contributed by atoms with Gasteiger partial charge >= 0.3 is 16.4 Å². The van der Waals surface area contributed by atoms with E-state index in [1.54, 1.807) is 24.3 Å². The molecule has 0 aliphatic carbocycles. The number of hydrogen-bond acceptors (Lipinski definition) is 4. The van der Waals surface area contributed by atoms with E-state index in [9.17, 15) is 4.79 Å². The Hall–Kier alpha value is -0.770. The molecule has 0 unspecified atom stereocenters. The minimum atomic E-state index is -4.67. The van der Waals surface area contributed by atoms with Crippen LogP contribution < -0.4 is 0 Å². The molecule has 110 valence electrons. The van der Waals surface area contributed by atoms with Crippen molar-refractivity contribution in [2.45, 2.75) is 3.79 Å². The Morgan fingerprint density at radius 1 is 1.05 bits per heavy atom. The van der Waals surface area contributed by atoms with Crippen LogP contribution in [-0.4, -0.2) is 37.5 Å². The zero-order valence-corrected chi connectivity index (χ0v) is 12.0. The topological polar surface area (TPSA) is 132 Å². The van der Waals surface area contributed by atoms with Gasteiger partial charge in [0, 0.05) is 0 Å². The molecule has 0 spiro atoms. The van der Waals surface area contributed by atoms with Crippen molar-refractivity contribution in [2.24, 2.45) is 0 Å². The van der Waals surface area contributed by atoms with Crippen LogP contribution in [0.1, 0.15) is 0 Å². The third kappa shape index (κ3) is 22.8. The number of aromatic hydroxyl groups is 1. The summed E-state index contributed by atoms with van der Waals surface area (Å²) in [7, 11) is -4.67. The molecular weight excluding hydrogens is 347 g/mol. The molecule has 11 heteroatoms. The lowest BCUT2D eigenvalue weighted by Gasteiger charge is -1.99. The first-order valence-electron chi connectivity index (χ1n) is 4.08. The first-order chi connectivity index (χ1) is 8.34. The third-order valence-corrected chi connectivity index (χ3v) is 1.48. The highest BCUT2D eigenvalue weighted by Crippen LogP contribution is 2.25. The van der Waals surface area contributed by atoms with E-state index >= 15 is 0 Å². The lowest BCUT2D eigenvalue weighted by molar-refractivity contribution is -0.135. The number of hydrogen-bond donors (Lipinski definition) is 4. The number of carbonyl (C=O) groups is 1. The summed E-state index contributed by atoms with van der Waals surface area (Å²) in [4.78, 5) is 9.62. The van der Waals surface area contributed by atoms with Crippen molar-refractivity contribution in [1.82, 2.24) is 0 Å². The molecule has 0 radical (unpaired) electrons. The van der Waals surface area contributed by atoms with E-state index in [2.05, 4.69) is 0 Å². The molecule has 19 heavy (non-hydrogen) atoms. The van der Waals surface area contributed by atoms with E-state index in [-0.39, 0.29) is 0 Å². The third-order valence-electron chi connectivity index (χ3n) is 0.999. The summed E-state index contributed by atoms with van der Waals surface area (Å²) in [5, 5.41) is 16.5. The molecule has 7 nitrogen and oxygen atoms in total. The van der Waals surface area contributed by atoms with Gasteiger partial charge in [0.1, 0.15) is 5.75 Å². The Labute approximate surface area is 123 Å². The molecule has 0 aliphatic rings. The number of benzene rings is 1. The van der Waals surface area contributed by atoms with Crippen LogP contribution in [0.2, 0.25) is 0 Å². The fourth-order valence-corrected chi connectivity index (χ4v) is 0.428. The Balaban J connectivity index is 0. The van der Waals surface area contributed by atoms with Crippen LogP contribution in [0.3, 0.4) is 0 Å². The van der Waals surface area contributed by atoms with Gasteiger partial charge in [-0.3, -0.25) is 9.11 Å². The molecule has 0 amide bonds. The molecular formula is C8H9Cl3O7S. The van der Waals surface area contributed by atoms with E-state index in [0.29, 0.717) is 5.75 Å². The van der Waals surface area contributed by atoms with E-state index in [1.807, 2.05) is 6.07 Å². The fourth-order valence-electron chi connectivity index (χ4n) is 0.428. The Morgan fingerprint density at radius 3 is 1.42 bits per heavy atom. The van der Waals surface area contributed by atoms with Crippen molar-refractivity contribution in [3.8, 4) is 5.75 Å². The lowest BCUT2D eigenvalue weighted by Crippen LogP contribution is -2.16. The standard InChI is InChI=1S/C6H6O.C2HCl3O2.H2O4S/c7-6-4-2-1-3-5-6;3-2(4,5)1(6)7;1-5(2,3)4/h1-5,7H;(H,6,7);(H2,1,2,3,4). The minimum absolute atomic E-state index is 0.322. The highest BCUT2D eigenvalue weighted by atomic mass is 35.6. The van der Waals surface area contributed by atoms with Crippen molar-refractivity contribution < 1.29 is 32.5 Å². The number of aliphatic carboxylic acids is 1. The zero-order chi connectivity index (χ0) is 15.7. The molecule has 0 saturated carbocycles. The van der Waals surface area contributed by atoms with Crippen LogP contribution >= 0.6 is 34.8 Å². The molecule has 0 bridgehead atoms. The van der Waals surface area contributed by atoms with Gasteiger partial charge in [0.05, 0.1) is 0 Å². The number of phenolic OH excluding ortho intramolecular Hbond substituents is 1. The highest BCUT2D eigenvalue weighted by molar-refractivity contribution is 7.79. The molecule has 0 heterocycles. The molecule has 1 aromatic rings. The van der Waals surface area contributed by atoms with Gasteiger partial charge < -0.3 is 10.2 Å².